The Kier molecular flexibility index (Phi) is 5.36. The van der Waals surface area contributed by atoms with Crippen LogP contribution in [0.5, 0.6) is 5.75 Å². The van der Waals surface area contributed by atoms with Crippen LogP contribution in [0.1, 0.15) is 29.2 Å². The molecule has 4 nitrogen and oxygen atoms in total. The molecule has 0 spiro atoms. The lowest BCUT2D eigenvalue weighted by Crippen LogP contribution is -2.22. The summed E-state index contributed by atoms with van der Waals surface area (Å²) in [6, 6.07) is 8.22. The van der Waals surface area contributed by atoms with Crippen molar-refractivity contribution in [2.24, 2.45) is 4.99 Å². The van der Waals surface area contributed by atoms with Gasteiger partial charge in [0.1, 0.15) is 5.75 Å². The van der Waals surface area contributed by atoms with Crippen LogP contribution in [0.2, 0.25) is 5.02 Å². The first-order valence-corrected chi connectivity index (χ1v) is 8.40. The zero-order valence-electron chi connectivity index (χ0n) is 14.0. The molecule has 0 radical (unpaired) electrons. The smallest absolute Gasteiger partial charge is 0.417 e. The third-order valence-electron chi connectivity index (χ3n) is 4.19. The lowest BCUT2D eigenvalue weighted by molar-refractivity contribution is -0.137. The molecule has 1 N–H and O–H groups in total. The van der Waals surface area contributed by atoms with Gasteiger partial charge in [-0.1, -0.05) is 23.7 Å². The van der Waals surface area contributed by atoms with Gasteiger partial charge in [0, 0.05) is 25.1 Å². The van der Waals surface area contributed by atoms with Gasteiger partial charge in [-0.05, 0) is 23.8 Å². The number of aliphatic imine (C=N–C) groups is 1. The summed E-state index contributed by atoms with van der Waals surface area (Å²) in [6.45, 7) is 1.43. The summed E-state index contributed by atoms with van der Waals surface area (Å²) in [7, 11) is 1.57. The predicted octanol–water partition coefficient (Wildman–Crippen LogP) is 4.29. The topological polar surface area (TPSA) is 46.5 Å². The van der Waals surface area contributed by atoms with Crippen molar-refractivity contribution in [2.45, 2.75) is 18.5 Å². The second kappa shape index (κ2) is 7.53. The number of hydrogen-bond donors (Lipinski definition) is 1. The molecule has 1 aliphatic rings. The summed E-state index contributed by atoms with van der Waals surface area (Å²) < 4.78 is 43.8. The number of rotatable bonds is 5. The SMILES string of the molecule is COc1ccc(C(CC2=NCCN2)c2ncc(C(F)(F)F)cc2Cl)cc1. The molecule has 0 bridgehead atoms. The molecule has 0 saturated carbocycles. The van der Waals surface area contributed by atoms with Gasteiger partial charge in [-0.3, -0.25) is 9.98 Å². The Morgan fingerprint density at radius 1 is 1.27 bits per heavy atom. The fourth-order valence-electron chi connectivity index (χ4n) is 2.85. The van der Waals surface area contributed by atoms with Gasteiger partial charge >= 0.3 is 6.18 Å². The van der Waals surface area contributed by atoms with Crippen molar-refractivity contribution in [3.05, 3.63) is 58.4 Å². The molecule has 0 aliphatic carbocycles. The second-order valence-electron chi connectivity index (χ2n) is 5.87. The molecule has 0 fully saturated rings. The second-order valence-corrected chi connectivity index (χ2v) is 6.28. The van der Waals surface area contributed by atoms with E-state index in [0.717, 1.165) is 30.2 Å². The number of nitrogens with zero attached hydrogens (tertiary/aromatic N) is 2. The molecule has 0 saturated heterocycles. The monoisotopic (exact) mass is 383 g/mol. The Hall–Kier alpha value is -2.28. The average molecular weight is 384 g/mol. The maximum atomic E-state index is 12.9. The highest BCUT2D eigenvalue weighted by molar-refractivity contribution is 6.31. The first kappa shape index (κ1) is 18.5. The maximum absolute atomic E-state index is 12.9. The normalized spacial score (nSPS) is 15.3. The minimum Gasteiger partial charge on any atom is -0.497 e. The Balaban J connectivity index is 1.99. The Bertz CT molecular complexity index is 806. The first-order chi connectivity index (χ1) is 12.4. The van der Waals surface area contributed by atoms with Crippen molar-refractivity contribution >= 4 is 17.4 Å². The minimum absolute atomic E-state index is 0.0146. The van der Waals surface area contributed by atoms with E-state index in [-0.39, 0.29) is 10.9 Å². The number of pyridine rings is 1. The van der Waals surface area contributed by atoms with Gasteiger partial charge in [-0.2, -0.15) is 13.2 Å². The van der Waals surface area contributed by atoms with E-state index in [1.165, 1.54) is 0 Å². The van der Waals surface area contributed by atoms with Crippen LogP contribution in [0.15, 0.2) is 41.5 Å². The Morgan fingerprint density at radius 2 is 2.00 bits per heavy atom. The van der Waals surface area contributed by atoms with Crippen LogP contribution in [0.25, 0.3) is 0 Å². The zero-order chi connectivity index (χ0) is 18.7. The predicted molar refractivity (Wildman–Crippen MR) is 94.0 cm³/mol. The van der Waals surface area contributed by atoms with Crippen molar-refractivity contribution in [3.63, 3.8) is 0 Å². The molecule has 0 amide bonds. The van der Waals surface area contributed by atoms with E-state index in [2.05, 4.69) is 15.3 Å². The van der Waals surface area contributed by atoms with Crippen LogP contribution in [0, 0.1) is 0 Å². The van der Waals surface area contributed by atoms with Crippen LogP contribution in [-0.2, 0) is 6.18 Å². The lowest BCUT2D eigenvalue weighted by Gasteiger charge is -2.20. The number of hydrogen-bond acceptors (Lipinski definition) is 4. The highest BCUT2D eigenvalue weighted by Crippen LogP contribution is 2.36. The number of ether oxygens (including phenoxy) is 1. The zero-order valence-corrected chi connectivity index (χ0v) is 14.7. The molecule has 2 aromatic rings. The summed E-state index contributed by atoms with van der Waals surface area (Å²) in [5, 5.41) is 3.16. The van der Waals surface area contributed by atoms with Crippen molar-refractivity contribution < 1.29 is 17.9 Å². The molecule has 8 heteroatoms. The molecular weight excluding hydrogens is 367 g/mol. The van der Waals surface area contributed by atoms with E-state index in [9.17, 15) is 13.2 Å². The molecule has 1 aromatic carbocycles. The van der Waals surface area contributed by atoms with Crippen molar-refractivity contribution in [3.8, 4) is 5.75 Å². The van der Waals surface area contributed by atoms with Gasteiger partial charge in [-0.25, -0.2) is 0 Å². The van der Waals surface area contributed by atoms with Crippen LogP contribution < -0.4 is 10.1 Å². The summed E-state index contributed by atoms with van der Waals surface area (Å²) >= 11 is 6.18. The van der Waals surface area contributed by atoms with Gasteiger partial charge in [0.05, 0.1) is 35.8 Å². The number of nitrogens with one attached hydrogen (secondary N) is 1. The van der Waals surface area contributed by atoms with Gasteiger partial charge < -0.3 is 10.1 Å². The third kappa shape index (κ3) is 4.09. The molecule has 2 heterocycles. The Labute approximate surface area is 154 Å². The summed E-state index contributed by atoms with van der Waals surface area (Å²) in [5.74, 6) is 1.17. The molecular formula is C18H17ClF3N3O. The van der Waals surface area contributed by atoms with Crippen LogP contribution in [0.4, 0.5) is 13.2 Å². The molecule has 1 unspecified atom stereocenters. The van der Waals surface area contributed by atoms with Gasteiger partial charge in [-0.15, -0.1) is 0 Å². The van der Waals surface area contributed by atoms with E-state index < -0.39 is 11.7 Å². The highest BCUT2D eigenvalue weighted by Gasteiger charge is 2.32. The maximum Gasteiger partial charge on any atom is 0.417 e. The van der Waals surface area contributed by atoms with Gasteiger partial charge in [0.15, 0.2) is 0 Å². The lowest BCUT2D eigenvalue weighted by atomic mass is 9.91. The van der Waals surface area contributed by atoms with Crippen LogP contribution in [-0.4, -0.2) is 31.0 Å². The van der Waals surface area contributed by atoms with Gasteiger partial charge in [0.25, 0.3) is 0 Å². The van der Waals surface area contributed by atoms with E-state index in [1.54, 1.807) is 19.2 Å². The molecule has 1 aliphatic heterocycles. The fourth-order valence-corrected chi connectivity index (χ4v) is 3.14. The minimum atomic E-state index is -4.48. The number of alkyl halides is 3. The first-order valence-electron chi connectivity index (χ1n) is 8.02. The highest BCUT2D eigenvalue weighted by atomic mass is 35.5. The van der Waals surface area contributed by atoms with E-state index >= 15 is 0 Å². The van der Waals surface area contributed by atoms with Crippen LogP contribution >= 0.6 is 11.6 Å². The molecule has 138 valence electrons. The molecule has 26 heavy (non-hydrogen) atoms. The molecule has 1 atom stereocenters. The van der Waals surface area contributed by atoms with Gasteiger partial charge in [0.2, 0.25) is 0 Å². The average Bonchev–Trinajstić information content (AvgIpc) is 3.12. The number of benzene rings is 1. The molecule has 1 aromatic heterocycles. The standard InChI is InChI=1S/C18H17ClF3N3O/c1-26-13-4-2-11(3-5-13)14(9-16-23-6-7-24-16)17-15(19)8-12(10-25-17)18(20,21)22/h2-5,8,10,14H,6-7,9H2,1H3,(H,23,24). The van der Waals surface area contributed by atoms with Crippen LogP contribution in [0.3, 0.4) is 0 Å². The number of amidine groups is 1. The van der Waals surface area contributed by atoms with Crippen molar-refractivity contribution in [1.29, 1.82) is 0 Å². The summed E-state index contributed by atoms with van der Waals surface area (Å²) in [6.07, 6.45) is -3.19. The number of aromatic nitrogens is 1. The van der Waals surface area contributed by atoms with E-state index in [0.29, 0.717) is 24.4 Å². The van der Waals surface area contributed by atoms with Crippen molar-refractivity contribution in [1.82, 2.24) is 10.3 Å². The molecule has 3 rings (SSSR count). The Morgan fingerprint density at radius 3 is 2.54 bits per heavy atom. The van der Waals surface area contributed by atoms with E-state index in [4.69, 9.17) is 16.3 Å². The quantitative estimate of drug-likeness (QED) is 0.838. The summed E-state index contributed by atoms with van der Waals surface area (Å²) in [5.41, 5.74) is 0.397. The fraction of sp³-hybridized carbons (Fsp3) is 0.333. The van der Waals surface area contributed by atoms with Crippen molar-refractivity contribution in [2.75, 3.05) is 20.2 Å². The largest absolute Gasteiger partial charge is 0.497 e. The number of methoxy groups -OCH3 is 1. The van der Waals surface area contributed by atoms with E-state index in [1.807, 2.05) is 12.1 Å². The third-order valence-corrected chi connectivity index (χ3v) is 4.49. The summed E-state index contributed by atoms with van der Waals surface area (Å²) in [4.78, 5) is 8.42. The number of halogens is 4.